The zero-order valence-electron chi connectivity index (χ0n) is 12.1. The molecule has 2 rings (SSSR count). The van der Waals surface area contributed by atoms with E-state index in [9.17, 15) is 9.18 Å². The molecule has 21 heavy (non-hydrogen) atoms. The molecule has 0 spiro atoms. The zero-order chi connectivity index (χ0) is 15.4. The molecule has 1 saturated heterocycles. The molecule has 1 fully saturated rings. The van der Waals surface area contributed by atoms with Crippen molar-refractivity contribution in [2.75, 3.05) is 26.7 Å². The first-order chi connectivity index (χ1) is 9.95. The molecule has 0 unspecified atom stereocenters. The van der Waals surface area contributed by atoms with Crippen molar-refractivity contribution in [1.29, 1.82) is 0 Å². The molecule has 1 N–H and O–H groups in total. The third kappa shape index (κ3) is 4.76. The van der Waals surface area contributed by atoms with E-state index < -0.39 is 5.97 Å². The summed E-state index contributed by atoms with van der Waals surface area (Å²) in [7, 11) is 1.85. The van der Waals surface area contributed by atoms with Gasteiger partial charge < -0.3 is 5.11 Å². The number of carboxylic acids is 1. The number of halogens is 2. The van der Waals surface area contributed by atoms with Crippen LogP contribution in [0.25, 0.3) is 0 Å². The second kappa shape index (κ2) is 7.33. The van der Waals surface area contributed by atoms with Gasteiger partial charge in [-0.05, 0) is 51.2 Å². The molecule has 0 bridgehead atoms. The number of carboxylic acid groups (broad SMARTS) is 1. The van der Waals surface area contributed by atoms with Crippen LogP contribution >= 0.6 is 15.9 Å². The van der Waals surface area contributed by atoms with Gasteiger partial charge in [0.1, 0.15) is 5.82 Å². The van der Waals surface area contributed by atoms with E-state index in [1.165, 1.54) is 6.07 Å². The lowest BCUT2D eigenvalue weighted by Crippen LogP contribution is -2.44. The van der Waals surface area contributed by atoms with Gasteiger partial charge in [-0.3, -0.25) is 14.6 Å². The van der Waals surface area contributed by atoms with Crippen LogP contribution in [-0.4, -0.2) is 53.6 Å². The third-order valence-electron chi connectivity index (χ3n) is 3.97. The zero-order valence-corrected chi connectivity index (χ0v) is 13.6. The van der Waals surface area contributed by atoms with Crippen molar-refractivity contribution in [2.45, 2.75) is 25.4 Å². The number of likely N-dealkylation sites (N-methyl/N-ethyl adjacent to an activating group) is 1. The molecule has 0 saturated carbocycles. The van der Waals surface area contributed by atoms with Gasteiger partial charge in [0, 0.05) is 22.6 Å². The maximum atomic E-state index is 13.8. The van der Waals surface area contributed by atoms with Crippen LogP contribution < -0.4 is 0 Å². The number of hydrogen-bond donors (Lipinski definition) is 1. The second-order valence-electron chi connectivity index (χ2n) is 5.55. The van der Waals surface area contributed by atoms with Gasteiger partial charge in [-0.25, -0.2) is 4.39 Å². The SMILES string of the molecule is CN(CC(=O)O)C1CCN(Cc2cc(Br)ccc2F)CC1. The molecule has 1 aliphatic heterocycles. The summed E-state index contributed by atoms with van der Waals surface area (Å²) in [5.74, 6) is -0.973. The lowest BCUT2D eigenvalue weighted by molar-refractivity contribution is -0.138. The molecular formula is C15H20BrFN2O2. The Morgan fingerprint density at radius 1 is 1.48 bits per heavy atom. The summed E-state index contributed by atoms with van der Waals surface area (Å²) in [6, 6.07) is 5.29. The highest BCUT2D eigenvalue weighted by molar-refractivity contribution is 9.10. The first kappa shape index (κ1) is 16.4. The van der Waals surface area contributed by atoms with Gasteiger partial charge in [0.05, 0.1) is 6.54 Å². The smallest absolute Gasteiger partial charge is 0.317 e. The molecule has 0 aliphatic carbocycles. The van der Waals surface area contributed by atoms with E-state index in [1.54, 1.807) is 6.07 Å². The summed E-state index contributed by atoms with van der Waals surface area (Å²) in [6.07, 6.45) is 1.83. The maximum Gasteiger partial charge on any atom is 0.317 e. The minimum absolute atomic E-state index is 0.0743. The van der Waals surface area contributed by atoms with Crippen molar-refractivity contribution < 1.29 is 14.3 Å². The number of hydrogen-bond acceptors (Lipinski definition) is 3. The Kier molecular flexibility index (Phi) is 5.72. The Hall–Kier alpha value is -0.980. The van der Waals surface area contributed by atoms with Crippen LogP contribution in [-0.2, 0) is 11.3 Å². The average molecular weight is 359 g/mol. The van der Waals surface area contributed by atoms with Gasteiger partial charge in [-0.15, -0.1) is 0 Å². The standard InChI is InChI=1S/C15H20BrFN2O2/c1-18(10-15(20)21)13-4-6-19(7-5-13)9-11-8-12(16)2-3-14(11)17/h2-3,8,13H,4-7,9-10H2,1H3,(H,20,21). The van der Waals surface area contributed by atoms with Crippen molar-refractivity contribution in [3.8, 4) is 0 Å². The van der Waals surface area contributed by atoms with Gasteiger partial charge in [0.15, 0.2) is 0 Å². The first-order valence-electron chi connectivity index (χ1n) is 7.04. The molecule has 0 atom stereocenters. The van der Waals surface area contributed by atoms with Crippen molar-refractivity contribution in [2.24, 2.45) is 0 Å². The Morgan fingerprint density at radius 2 is 2.14 bits per heavy atom. The summed E-state index contributed by atoms with van der Waals surface area (Å²) in [5, 5.41) is 8.82. The summed E-state index contributed by atoms with van der Waals surface area (Å²) < 4.78 is 14.6. The highest BCUT2D eigenvalue weighted by atomic mass is 79.9. The summed E-state index contributed by atoms with van der Waals surface area (Å²) in [6.45, 7) is 2.40. The first-order valence-corrected chi connectivity index (χ1v) is 7.83. The largest absolute Gasteiger partial charge is 0.480 e. The van der Waals surface area contributed by atoms with Crippen LogP contribution in [0.2, 0.25) is 0 Å². The molecule has 6 heteroatoms. The highest BCUT2D eigenvalue weighted by Gasteiger charge is 2.24. The number of aliphatic carboxylic acids is 1. The minimum atomic E-state index is -0.795. The van der Waals surface area contributed by atoms with Crippen molar-refractivity contribution in [3.05, 3.63) is 34.1 Å². The number of likely N-dealkylation sites (tertiary alicyclic amines) is 1. The Bertz CT molecular complexity index is 504. The van der Waals surface area contributed by atoms with E-state index in [0.29, 0.717) is 18.2 Å². The molecule has 1 aromatic rings. The fourth-order valence-corrected chi connectivity index (χ4v) is 3.17. The van der Waals surface area contributed by atoms with E-state index in [2.05, 4.69) is 20.8 Å². The predicted molar refractivity (Wildman–Crippen MR) is 82.7 cm³/mol. The minimum Gasteiger partial charge on any atom is -0.480 e. The van der Waals surface area contributed by atoms with E-state index in [4.69, 9.17) is 5.11 Å². The van der Waals surface area contributed by atoms with E-state index >= 15 is 0 Å². The van der Waals surface area contributed by atoms with Gasteiger partial charge >= 0.3 is 5.97 Å². The van der Waals surface area contributed by atoms with E-state index in [0.717, 1.165) is 30.4 Å². The summed E-state index contributed by atoms with van der Waals surface area (Å²) >= 11 is 3.37. The fourth-order valence-electron chi connectivity index (χ4n) is 2.77. The summed E-state index contributed by atoms with van der Waals surface area (Å²) in [4.78, 5) is 14.8. The molecule has 0 radical (unpaired) electrons. The third-order valence-corrected chi connectivity index (χ3v) is 4.46. The molecule has 0 amide bonds. The monoisotopic (exact) mass is 358 g/mol. The molecule has 1 aliphatic rings. The molecule has 1 heterocycles. The van der Waals surface area contributed by atoms with Gasteiger partial charge in [-0.1, -0.05) is 15.9 Å². The Balaban J connectivity index is 1.86. The Morgan fingerprint density at radius 3 is 2.76 bits per heavy atom. The summed E-state index contributed by atoms with van der Waals surface area (Å²) in [5.41, 5.74) is 0.696. The van der Waals surface area contributed by atoms with Crippen molar-refractivity contribution in [3.63, 3.8) is 0 Å². The number of carbonyl (C=O) groups is 1. The highest BCUT2D eigenvalue weighted by Crippen LogP contribution is 2.21. The maximum absolute atomic E-state index is 13.8. The van der Waals surface area contributed by atoms with Crippen molar-refractivity contribution in [1.82, 2.24) is 9.80 Å². The van der Waals surface area contributed by atoms with Crippen LogP contribution in [0.4, 0.5) is 4.39 Å². The Labute approximate surface area is 132 Å². The van der Waals surface area contributed by atoms with E-state index in [1.807, 2.05) is 18.0 Å². The van der Waals surface area contributed by atoms with Gasteiger partial charge in [-0.2, -0.15) is 0 Å². The molecule has 1 aromatic carbocycles. The molecular weight excluding hydrogens is 339 g/mol. The van der Waals surface area contributed by atoms with Crippen LogP contribution in [0.15, 0.2) is 22.7 Å². The van der Waals surface area contributed by atoms with Crippen molar-refractivity contribution >= 4 is 21.9 Å². The normalized spacial score (nSPS) is 17.3. The van der Waals surface area contributed by atoms with Crippen LogP contribution in [0, 0.1) is 5.82 Å². The number of benzene rings is 1. The van der Waals surface area contributed by atoms with Gasteiger partial charge in [0.25, 0.3) is 0 Å². The molecule has 0 aromatic heterocycles. The van der Waals surface area contributed by atoms with Crippen LogP contribution in [0.5, 0.6) is 0 Å². The lowest BCUT2D eigenvalue weighted by Gasteiger charge is -2.36. The number of nitrogens with zero attached hydrogens (tertiary/aromatic N) is 2. The quantitative estimate of drug-likeness (QED) is 0.878. The van der Waals surface area contributed by atoms with E-state index in [-0.39, 0.29) is 12.4 Å². The number of rotatable bonds is 5. The van der Waals surface area contributed by atoms with Gasteiger partial charge in [0.2, 0.25) is 0 Å². The molecule has 4 nitrogen and oxygen atoms in total. The number of piperidine rings is 1. The predicted octanol–water partition coefficient (Wildman–Crippen LogP) is 2.57. The second-order valence-corrected chi connectivity index (χ2v) is 6.47. The topological polar surface area (TPSA) is 43.8 Å². The lowest BCUT2D eigenvalue weighted by atomic mass is 10.0. The average Bonchev–Trinajstić information content (AvgIpc) is 2.43. The van der Waals surface area contributed by atoms with Crippen LogP contribution in [0.1, 0.15) is 18.4 Å². The fraction of sp³-hybridized carbons (Fsp3) is 0.533. The molecule has 116 valence electrons. The van der Waals surface area contributed by atoms with Crippen LogP contribution in [0.3, 0.4) is 0 Å².